The number of fused-ring (bicyclic) bond motifs is 1. The third kappa shape index (κ3) is 3.88. The largest absolute Gasteiger partial charge is 0.467 e. The number of aromatic nitrogens is 1. The van der Waals surface area contributed by atoms with Gasteiger partial charge in [0.1, 0.15) is 5.76 Å². The van der Waals surface area contributed by atoms with E-state index in [1.54, 1.807) is 24.3 Å². The van der Waals surface area contributed by atoms with E-state index < -0.39 is 15.7 Å². The lowest BCUT2D eigenvalue weighted by Crippen LogP contribution is -2.31. The number of sulfone groups is 1. The summed E-state index contributed by atoms with van der Waals surface area (Å²) < 4.78 is 30.9. The van der Waals surface area contributed by atoms with E-state index >= 15 is 0 Å². The van der Waals surface area contributed by atoms with Crippen molar-refractivity contribution in [2.75, 3.05) is 11.2 Å². The molecule has 2 aromatic heterocycles. The summed E-state index contributed by atoms with van der Waals surface area (Å²) in [4.78, 5) is 19.7. The molecule has 8 heteroatoms. The summed E-state index contributed by atoms with van der Waals surface area (Å²) in [6.45, 7) is 4.19. The van der Waals surface area contributed by atoms with Gasteiger partial charge in [-0.25, -0.2) is 13.4 Å². The number of amides is 1. The van der Waals surface area contributed by atoms with Gasteiger partial charge in [0, 0.05) is 6.26 Å². The van der Waals surface area contributed by atoms with Crippen molar-refractivity contribution < 1.29 is 17.6 Å². The van der Waals surface area contributed by atoms with Crippen LogP contribution >= 0.6 is 11.3 Å². The number of rotatable bonds is 5. The average Bonchev–Trinajstić information content (AvgIpc) is 3.35. The van der Waals surface area contributed by atoms with Gasteiger partial charge in [0.2, 0.25) is 0 Å². The van der Waals surface area contributed by atoms with Crippen LogP contribution in [-0.2, 0) is 16.4 Å². The van der Waals surface area contributed by atoms with Crippen LogP contribution in [0.25, 0.3) is 10.2 Å². The second kappa shape index (κ2) is 7.70. The number of aryl methyl sites for hydroxylation is 2. The van der Waals surface area contributed by atoms with Crippen LogP contribution in [-0.4, -0.2) is 25.6 Å². The maximum Gasteiger partial charge on any atom is 0.261 e. The van der Waals surface area contributed by atoms with Crippen LogP contribution in [0.5, 0.6) is 0 Å². The zero-order valence-corrected chi connectivity index (χ0v) is 18.4. The molecule has 2 heterocycles. The van der Waals surface area contributed by atoms with Gasteiger partial charge in [-0.15, -0.1) is 0 Å². The molecule has 0 atom stereocenters. The number of benzene rings is 2. The average molecular weight is 441 g/mol. The second-order valence-electron chi connectivity index (χ2n) is 7.14. The molecule has 0 aliphatic rings. The Morgan fingerprint density at radius 3 is 2.53 bits per heavy atom. The highest BCUT2D eigenvalue weighted by atomic mass is 32.2. The van der Waals surface area contributed by atoms with Crippen LogP contribution in [0.3, 0.4) is 0 Å². The van der Waals surface area contributed by atoms with Crippen molar-refractivity contribution in [2.24, 2.45) is 0 Å². The highest BCUT2D eigenvalue weighted by molar-refractivity contribution is 7.90. The molecule has 0 saturated heterocycles. The van der Waals surface area contributed by atoms with Crippen molar-refractivity contribution in [2.45, 2.75) is 25.3 Å². The topological polar surface area (TPSA) is 80.5 Å². The molecule has 2 aromatic carbocycles. The fourth-order valence-corrected chi connectivity index (χ4v) is 5.10. The number of nitrogens with zero attached hydrogens (tertiary/aromatic N) is 2. The van der Waals surface area contributed by atoms with E-state index in [1.807, 2.05) is 26.0 Å². The van der Waals surface area contributed by atoms with Crippen molar-refractivity contribution in [3.05, 3.63) is 77.2 Å². The molecule has 154 valence electrons. The molecule has 6 nitrogen and oxygen atoms in total. The Labute approximate surface area is 178 Å². The summed E-state index contributed by atoms with van der Waals surface area (Å²) in [6.07, 6.45) is 2.63. The van der Waals surface area contributed by atoms with Crippen LogP contribution in [0.15, 0.2) is 64.1 Å². The minimum absolute atomic E-state index is 0.00718. The molecule has 4 rings (SSSR count). The molecule has 0 saturated carbocycles. The summed E-state index contributed by atoms with van der Waals surface area (Å²) in [5.74, 6) is 0.131. The van der Waals surface area contributed by atoms with Crippen molar-refractivity contribution in [3.8, 4) is 0 Å². The molecule has 1 amide bonds. The number of furan rings is 1. The standard InChI is InChI=1S/C22H20N2O4S2/c1-14-11-18-19(12-15(14)2)29-22(23-18)24(13-16-7-6-10-28-16)21(25)17-8-4-5-9-20(17)30(3,26)27/h4-12H,13H2,1-3H3. The molecule has 0 aliphatic heterocycles. The van der Waals surface area contributed by atoms with Gasteiger partial charge in [0.15, 0.2) is 15.0 Å². The Bertz CT molecular complexity index is 1300. The van der Waals surface area contributed by atoms with Crippen molar-refractivity contribution >= 4 is 42.4 Å². The van der Waals surface area contributed by atoms with Crippen LogP contribution in [0.4, 0.5) is 5.13 Å². The third-order valence-electron chi connectivity index (χ3n) is 4.88. The predicted octanol–water partition coefficient (Wildman–Crippen LogP) is 4.76. The SMILES string of the molecule is Cc1cc2nc(N(Cc3ccco3)C(=O)c3ccccc3S(C)(=O)=O)sc2cc1C. The molecule has 0 N–H and O–H groups in total. The lowest BCUT2D eigenvalue weighted by molar-refractivity contribution is 0.0980. The highest BCUT2D eigenvalue weighted by Gasteiger charge is 2.27. The summed E-state index contributed by atoms with van der Waals surface area (Å²) in [5, 5.41) is 0.486. The number of thiazole rings is 1. The van der Waals surface area contributed by atoms with E-state index in [0.29, 0.717) is 10.9 Å². The first-order chi connectivity index (χ1) is 14.2. The summed E-state index contributed by atoms with van der Waals surface area (Å²) in [5.41, 5.74) is 3.17. The quantitative estimate of drug-likeness (QED) is 0.447. The van der Waals surface area contributed by atoms with E-state index in [4.69, 9.17) is 4.42 Å². The van der Waals surface area contributed by atoms with E-state index in [9.17, 15) is 13.2 Å². The molecule has 0 aliphatic carbocycles. The first-order valence-electron chi connectivity index (χ1n) is 9.25. The van der Waals surface area contributed by atoms with E-state index in [-0.39, 0.29) is 17.0 Å². The molecule has 0 unspecified atom stereocenters. The fourth-order valence-electron chi connectivity index (χ4n) is 3.18. The normalized spacial score (nSPS) is 11.7. The van der Waals surface area contributed by atoms with Crippen molar-refractivity contribution in [3.63, 3.8) is 0 Å². The molecule has 0 fully saturated rings. The maximum absolute atomic E-state index is 13.5. The Kier molecular flexibility index (Phi) is 5.21. The molecule has 0 bridgehead atoms. The second-order valence-corrected chi connectivity index (χ2v) is 10.1. The number of carbonyl (C=O) groups is 1. The van der Waals surface area contributed by atoms with Gasteiger partial charge >= 0.3 is 0 Å². The van der Waals surface area contributed by atoms with Crippen LogP contribution in [0, 0.1) is 13.8 Å². The summed E-state index contributed by atoms with van der Waals surface area (Å²) in [7, 11) is -3.58. The molecule has 0 spiro atoms. The predicted molar refractivity (Wildman–Crippen MR) is 118 cm³/mol. The zero-order valence-electron chi connectivity index (χ0n) is 16.7. The van der Waals surface area contributed by atoms with Gasteiger partial charge in [0.25, 0.3) is 5.91 Å². The smallest absolute Gasteiger partial charge is 0.261 e. The monoisotopic (exact) mass is 440 g/mol. The van der Waals surface area contributed by atoms with Crippen LogP contribution in [0.1, 0.15) is 27.2 Å². The Hall–Kier alpha value is -2.97. The van der Waals surface area contributed by atoms with Crippen LogP contribution in [0.2, 0.25) is 0 Å². The lowest BCUT2D eigenvalue weighted by Gasteiger charge is -2.20. The van der Waals surface area contributed by atoms with Crippen molar-refractivity contribution in [1.82, 2.24) is 4.98 Å². The lowest BCUT2D eigenvalue weighted by atomic mass is 10.1. The number of anilines is 1. The highest BCUT2D eigenvalue weighted by Crippen LogP contribution is 2.33. The minimum atomic E-state index is -3.58. The summed E-state index contributed by atoms with van der Waals surface area (Å²) in [6, 6.07) is 13.8. The first kappa shape index (κ1) is 20.3. The van der Waals surface area contributed by atoms with E-state index in [1.165, 1.54) is 34.6 Å². The van der Waals surface area contributed by atoms with Gasteiger partial charge in [-0.2, -0.15) is 0 Å². The molecule has 4 aromatic rings. The van der Waals surface area contributed by atoms with Crippen molar-refractivity contribution in [1.29, 1.82) is 0 Å². The number of hydrogen-bond donors (Lipinski definition) is 0. The van der Waals surface area contributed by atoms with Gasteiger partial charge in [-0.1, -0.05) is 23.5 Å². The van der Waals surface area contributed by atoms with E-state index in [2.05, 4.69) is 4.98 Å². The maximum atomic E-state index is 13.5. The Morgan fingerprint density at radius 1 is 1.10 bits per heavy atom. The molecule has 30 heavy (non-hydrogen) atoms. The molecular formula is C22H20N2O4S2. The van der Waals surface area contributed by atoms with E-state index in [0.717, 1.165) is 27.6 Å². The Balaban J connectivity index is 1.85. The number of hydrogen-bond acceptors (Lipinski definition) is 6. The zero-order chi connectivity index (χ0) is 21.5. The van der Waals surface area contributed by atoms with Gasteiger partial charge < -0.3 is 4.42 Å². The van der Waals surface area contributed by atoms with Gasteiger partial charge in [0.05, 0.1) is 33.5 Å². The van der Waals surface area contributed by atoms with Gasteiger partial charge in [-0.05, 0) is 61.4 Å². The third-order valence-corrected chi connectivity index (χ3v) is 7.08. The van der Waals surface area contributed by atoms with Gasteiger partial charge in [-0.3, -0.25) is 9.69 Å². The van der Waals surface area contributed by atoms with Crippen LogP contribution < -0.4 is 4.90 Å². The fraction of sp³-hybridized carbons (Fsp3) is 0.182. The molecular weight excluding hydrogens is 420 g/mol. The summed E-state index contributed by atoms with van der Waals surface area (Å²) >= 11 is 1.39. The minimum Gasteiger partial charge on any atom is -0.467 e. The molecule has 0 radical (unpaired) electrons. The number of carbonyl (C=O) groups excluding carboxylic acids is 1. The first-order valence-corrected chi connectivity index (χ1v) is 12.0. The Morgan fingerprint density at radius 2 is 1.83 bits per heavy atom.